The van der Waals surface area contributed by atoms with Gasteiger partial charge in [-0.05, 0) is 11.6 Å². The molecule has 0 spiro atoms. The molecule has 0 aromatic carbocycles. The summed E-state index contributed by atoms with van der Waals surface area (Å²) in [6.45, 7) is 4.35. The number of rotatable bonds is 3. The van der Waals surface area contributed by atoms with Crippen LogP contribution in [-0.2, 0) is 11.3 Å². The van der Waals surface area contributed by atoms with E-state index in [9.17, 15) is 4.79 Å². The Bertz CT molecular complexity index is 335. The highest BCUT2D eigenvalue weighted by Gasteiger charge is 2.12. The summed E-state index contributed by atoms with van der Waals surface area (Å²) in [6, 6.07) is 3.60. The van der Waals surface area contributed by atoms with E-state index in [0.29, 0.717) is 11.7 Å². The zero-order valence-corrected chi connectivity index (χ0v) is 9.95. The Kier molecular flexibility index (Phi) is 4.09. The lowest BCUT2D eigenvalue weighted by Gasteiger charge is -2.19. The summed E-state index contributed by atoms with van der Waals surface area (Å²) in [6.07, 6.45) is 1.69. The van der Waals surface area contributed by atoms with Gasteiger partial charge in [0.2, 0.25) is 5.91 Å². The maximum absolute atomic E-state index is 11.6. The summed E-state index contributed by atoms with van der Waals surface area (Å²) in [4.78, 5) is 17.2. The molecule has 4 heteroatoms. The van der Waals surface area contributed by atoms with Gasteiger partial charge < -0.3 is 4.90 Å². The number of carbonyl (C=O) groups is 1. The Labute approximate surface area is 95.1 Å². The second-order valence-corrected chi connectivity index (χ2v) is 4.23. The van der Waals surface area contributed by atoms with Gasteiger partial charge in [-0.1, -0.05) is 31.5 Å². The number of halogens is 1. The second kappa shape index (κ2) is 5.12. The maximum atomic E-state index is 11.6. The van der Waals surface area contributed by atoms with Crippen LogP contribution in [0.1, 0.15) is 19.4 Å². The van der Waals surface area contributed by atoms with Crippen molar-refractivity contribution in [3.8, 4) is 0 Å². The van der Waals surface area contributed by atoms with E-state index in [4.69, 9.17) is 11.6 Å². The molecule has 0 fully saturated rings. The summed E-state index contributed by atoms with van der Waals surface area (Å²) >= 11 is 5.67. The van der Waals surface area contributed by atoms with Gasteiger partial charge in [0.05, 0.1) is 0 Å². The van der Waals surface area contributed by atoms with Gasteiger partial charge in [0.25, 0.3) is 0 Å². The third-order valence-electron chi connectivity index (χ3n) is 2.08. The van der Waals surface area contributed by atoms with Crippen molar-refractivity contribution in [1.29, 1.82) is 0 Å². The van der Waals surface area contributed by atoms with E-state index in [1.807, 2.05) is 19.9 Å². The van der Waals surface area contributed by atoms with Crippen LogP contribution >= 0.6 is 11.6 Å². The molecule has 0 saturated carbocycles. The average molecular weight is 227 g/mol. The molecule has 0 aliphatic rings. The predicted octanol–water partition coefficient (Wildman–Crippen LogP) is 2.35. The van der Waals surface area contributed by atoms with Gasteiger partial charge in [-0.25, -0.2) is 4.98 Å². The molecule has 15 heavy (non-hydrogen) atoms. The van der Waals surface area contributed by atoms with E-state index < -0.39 is 0 Å². The topological polar surface area (TPSA) is 33.2 Å². The van der Waals surface area contributed by atoms with Gasteiger partial charge in [-0.2, -0.15) is 0 Å². The molecule has 0 unspecified atom stereocenters. The largest absolute Gasteiger partial charge is 0.341 e. The summed E-state index contributed by atoms with van der Waals surface area (Å²) in [5.74, 6) is 0.153. The Morgan fingerprint density at radius 3 is 2.67 bits per heavy atom. The van der Waals surface area contributed by atoms with Crippen molar-refractivity contribution in [2.24, 2.45) is 5.92 Å². The van der Waals surface area contributed by atoms with E-state index in [-0.39, 0.29) is 11.8 Å². The van der Waals surface area contributed by atoms with Crippen LogP contribution in [0.3, 0.4) is 0 Å². The minimum absolute atomic E-state index is 0.0234. The van der Waals surface area contributed by atoms with Crippen LogP contribution in [0.5, 0.6) is 0 Å². The first-order valence-electron chi connectivity index (χ1n) is 4.86. The second-order valence-electron chi connectivity index (χ2n) is 3.84. The van der Waals surface area contributed by atoms with Crippen molar-refractivity contribution < 1.29 is 4.79 Å². The highest BCUT2D eigenvalue weighted by molar-refractivity contribution is 6.29. The van der Waals surface area contributed by atoms with Crippen LogP contribution in [-0.4, -0.2) is 22.8 Å². The SMILES string of the molecule is CC(C)C(=O)N(C)Cc1ccc(Cl)nc1. The summed E-state index contributed by atoms with van der Waals surface area (Å²) < 4.78 is 0. The quantitative estimate of drug-likeness (QED) is 0.742. The first kappa shape index (κ1) is 12.0. The van der Waals surface area contributed by atoms with Gasteiger partial charge in [-0.15, -0.1) is 0 Å². The van der Waals surface area contributed by atoms with Crippen LogP contribution in [0.15, 0.2) is 18.3 Å². The minimum Gasteiger partial charge on any atom is -0.341 e. The lowest BCUT2D eigenvalue weighted by atomic mass is 10.2. The molecule has 0 aliphatic carbocycles. The Balaban J connectivity index is 2.62. The fourth-order valence-corrected chi connectivity index (χ4v) is 1.40. The summed E-state index contributed by atoms with van der Waals surface area (Å²) in [7, 11) is 1.79. The number of hydrogen-bond acceptors (Lipinski definition) is 2. The lowest BCUT2D eigenvalue weighted by molar-refractivity contribution is -0.133. The number of pyridine rings is 1. The predicted molar refractivity (Wildman–Crippen MR) is 60.6 cm³/mol. The van der Waals surface area contributed by atoms with Crippen molar-refractivity contribution in [3.05, 3.63) is 29.0 Å². The van der Waals surface area contributed by atoms with Crippen molar-refractivity contribution >= 4 is 17.5 Å². The van der Waals surface area contributed by atoms with Crippen molar-refractivity contribution in [1.82, 2.24) is 9.88 Å². The van der Waals surface area contributed by atoms with Crippen molar-refractivity contribution in [2.75, 3.05) is 7.05 Å². The zero-order valence-electron chi connectivity index (χ0n) is 9.20. The van der Waals surface area contributed by atoms with Gasteiger partial charge in [0.1, 0.15) is 5.15 Å². The molecule has 0 N–H and O–H groups in total. The Morgan fingerprint density at radius 1 is 1.53 bits per heavy atom. The fraction of sp³-hybridized carbons (Fsp3) is 0.455. The Hall–Kier alpha value is -1.09. The standard InChI is InChI=1S/C11H15ClN2O/c1-8(2)11(15)14(3)7-9-4-5-10(12)13-6-9/h4-6,8H,7H2,1-3H3. The molecule has 0 bridgehead atoms. The third-order valence-corrected chi connectivity index (χ3v) is 2.30. The smallest absolute Gasteiger partial charge is 0.225 e. The minimum atomic E-state index is 0.0234. The first-order chi connectivity index (χ1) is 7.00. The molecular formula is C11H15ClN2O. The lowest BCUT2D eigenvalue weighted by Crippen LogP contribution is -2.29. The van der Waals surface area contributed by atoms with Crippen molar-refractivity contribution in [3.63, 3.8) is 0 Å². The molecule has 1 heterocycles. The average Bonchev–Trinajstić information content (AvgIpc) is 2.20. The number of carbonyl (C=O) groups excluding carboxylic acids is 1. The van der Waals surface area contributed by atoms with Gasteiger partial charge in [0.15, 0.2) is 0 Å². The monoisotopic (exact) mass is 226 g/mol. The van der Waals surface area contributed by atoms with E-state index in [1.165, 1.54) is 0 Å². The van der Waals surface area contributed by atoms with Gasteiger partial charge >= 0.3 is 0 Å². The van der Waals surface area contributed by atoms with Crippen LogP contribution < -0.4 is 0 Å². The number of aromatic nitrogens is 1. The molecule has 1 amide bonds. The van der Waals surface area contributed by atoms with Gasteiger partial charge in [0, 0.05) is 25.7 Å². The number of hydrogen-bond donors (Lipinski definition) is 0. The molecule has 1 rings (SSSR count). The first-order valence-corrected chi connectivity index (χ1v) is 5.24. The Morgan fingerprint density at radius 2 is 2.20 bits per heavy atom. The molecule has 0 saturated heterocycles. The molecule has 1 aromatic heterocycles. The molecule has 3 nitrogen and oxygen atoms in total. The zero-order chi connectivity index (χ0) is 11.4. The number of amides is 1. The maximum Gasteiger partial charge on any atom is 0.225 e. The highest BCUT2D eigenvalue weighted by Crippen LogP contribution is 2.09. The molecular weight excluding hydrogens is 212 g/mol. The molecule has 1 aromatic rings. The van der Waals surface area contributed by atoms with Crippen LogP contribution in [0.4, 0.5) is 0 Å². The van der Waals surface area contributed by atoms with Crippen LogP contribution in [0.25, 0.3) is 0 Å². The fourth-order valence-electron chi connectivity index (χ4n) is 1.29. The highest BCUT2D eigenvalue weighted by atomic mass is 35.5. The molecule has 0 radical (unpaired) electrons. The molecule has 82 valence electrons. The van der Waals surface area contributed by atoms with Crippen molar-refractivity contribution in [2.45, 2.75) is 20.4 Å². The normalized spacial score (nSPS) is 10.5. The van der Waals surface area contributed by atoms with E-state index >= 15 is 0 Å². The molecule has 0 atom stereocenters. The third kappa shape index (κ3) is 3.51. The van der Waals surface area contributed by atoms with E-state index in [0.717, 1.165) is 5.56 Å². The summed E-state index contributed by atoms with van der Waals surface area (Å²) in [5.41, 5.74) is 0.982. The number of nitrogens with zero attached hydrogens (tertiary/aromatic N) is 2. The van der Waals surface area contributed by atoms with Crippen LogP contribution in [0, 0.1) is 5.92 Å². The van der Waals surface area contributed by atoms with E-state index in [1.54, 1.807) is 24.2 Å². The summed E-state index contributed by atoms with van der Waals surface area (Å²) in [5, 5.41) is 0.469. The van der Waals surface area contributed by atoms with E-state index in [2.05, 4.69) is 4.98 Å². The van der Waals surface area contributed by atoms with Gasteiger partial charge in [-0.3, -0.25) is 4.79 Å². The van der Waals surface area contributed by atoms with Crippen LogP contribution in [0.2, 0.25) is 5.15 Å². The molecule has 0 aliphatic heterocycles.